The van der Waals surface area contributed by atoms with Gasteiger partial charge in [-0.05, 0) is 41.5 Å². The van der Waals surface area contributed by atoms with Crippen LogP contribution in [-0.2, 0) is 16.0 Å². The highest BCUT2D eigenvalue weighted by atomic mass is 32.2. The van der Waals surface area contributed by atoms with Gasteiger partial charge in [0.1, 0.15) is 5.75 Å². The minimum absolute atomic E-state index is 0.0672. The number of rotatable bonds is 9. The van der Waals surface area contributed by atoms with Crippen LogP contribution in [0.5, 0.6) is 5.75 Å². The zero-order valence-electron chi connectivity index (χ0n) is 22.1. The molecular weight excluding hydrogens is 516 g/mol. The number of amides is 1. The smallest absolute Gasteiger partial charge is 0.269 e. The monoisotopic (exact) mass is 546 g/mol. The van der Waals surface area contributed by atoms with Gasteiger partial charge in [0.05, 0.1) is 40.4 Å². The number of non-ortho nitro benzene ring substituents is 1. The third kappa shape index (κ3) is 6.49. The molecule has 202 valence electrons. The van der Waals surface area contributed by atoms with Gasteiger partial charge >= 0.3 is 0 Å². The lowest BCUT2D eigenvalue weighted by atomic mass is 9.69. The number of methoxy groups -OCH3 is 1. The maximum Gasteiger partial charge on any atom is 0.269 e. The van der Waals surface area contributed by atoms with E-state index in [0.717, 1.165) is 11.3 Å². The average molecular weight is 547 g/mol. The van der Waals surface area contributed by atoms with Crippen molar-refractivity contribution >= 4 is 29.1 Å². The van der Waals surface area contributed by atoms with E-state index in [2.05, 4.69) is 16.7 Å². The molecule has 9 nitrogen and oxygen atoms in total. The molecule has 0 saturated carbocycles. The standard InChI is InChI=1S/C29H30N4O5S/c1-29(2)14-23-27(24(34)15-29)26(19-5-4-6-20(13-19)33(36)37)22(16-30)28(32-23)39-17-25(35)31-12-11-18-7-9-21(38-3)10-8-18/h4-10,13,26,32H,11-12,14-15,17H2,1-3H3,(H,31,35)/t26-/m0/s1. The second-order valence-corrected chi connectivity index (χ2v) is 11.3. The number of dihydropyridines is 1. The zero-order valence-corrected chi connectivity index (χ0v) is 22.9. The van der Waals surface area contributed by atoms with Crippen LogP contribution >= 0.6 is 11.8 Å². The van der Waals surface area contributed by atoms with Crippen LogP contribution in [0, 0.1) is 26.9 Å². The first-order valence-corrected chi connectivity index (χ1v) is 13.5. The molecular formula is C29H30N4O5S. The highest BCUT2D eigenvalue weighted by Crippen LogP contribution is 2.48. The summed E-state index contributed by atoms with van der Waals surface area (Å²) in [4.78, 5) is 36.9. The summed E-state index contributed by atoms with van der Waals surface area (Å²) in [6.07, 6.45) is 1.56. The molecule has 2 aliphatic rings. The number of carbonyl (C=O) groups excluding carboxylic acids is 2. The number of thioether (sulfide) groups is 1. The van der Waals surface area contributed by atoms with Crippen molar-refractivity contribution in [2.75, 3.05) is 19.4 Å². The Kier molecular flexibility index (Phi) is 8.41. The van der Waals surface area contributed by atoms with E-state index < -0.39 is 10.8 Å². The summed E-state index contributed by atoms with van der Waals surface area (Å²) in [5.74, 6) is -0.177. The van der Waals surface area contributed by atoms with Crippen LogP contribution in [0.15, 0.2) is 70.4 Å². The molecule has 1 amide bonds. The van der Waals surface area contributed by atoms with E-state index in [9.17, 15) is 25.0 Å². The highest BCUT2D eigenvalue weighted by Gasteiger charge is 2.42. The first-order chi connectivity index (χ1) is 18.6. The number of nitriles is 1. The fraction of sp³-hybridized carbons (Fsp3) is 0.345. The third-order valence-corrected chi connectivity index (χ3v) is 7.80. The fourth-order valence-corrected chi connectivity index (χ4v) is 5.86. The van der Waals surface area contributed by atoms with Crippen LogP contribution in [0.4, 0.5) is 5.69 Å². The van der Waals surface area contributed by atoms with Crippen LogP contribution in [0.2, 0.25) is 0 Å². The number of carbonyl (C=O) groups is 2. The summed E-state index contributed by atoms with van der Waals surface area (Å²) in [7, 11) is 1.61. The van der Waals surface area contributed by atoms with E-state index >= 15 is 0 Å². The number of nitrogens with zero attached hydrogens (tertiary/aromatic N) is 2. The van der Waals surface area contributed by atoms with Crippen molar-refractivity contribution in [2.24, 2.45) is 5.41 Å². The SMILES string of the molecule is COc1ccc(CCNC(=O)CSC2=C(C#N)[C@H](c3cccc([N+](=O)[O-])c3)C3=C(CC(C)(C)CC3=O)N2)cc1. The van der Waals surface area contributed by atoms with Gasteiger partial charge < -0.3 is 15.4 Å². The zero-order chi connectivity index (χ0) is 28.2. The van der Waals surface area contributed by atoms with Crippen molar-refractivity contribution in [3.63, 3.8) is 0 Å². The van der Waals surface area contributed by atoms with Gasteiger partial charge in [0.25, 0.3) is 5.69 Å². The lowest BCUT2D eigenvalue weighted by Crippen LogP contribution is -2.37. The van der Waals surface area contributed by atoms with E-state index in [1.54, 1.807) is 19.2 Å². The maximum atomic E-state index is 13.3. The number of hydrogen-bond acceptors (Lipinski definition) is 8. The Morgan fingerprint density at radius 1 is 1.26 bits per heavy atom. The number of nitro benzene ring substituents is 1. The van der Waals surface area contributed by atoms with Crippen LogP contribution in [-0.4, -0.2) is 36.0 Å². The Hall–Kier alpha value is -4.10. The van der Waals surface area contributed by atoms with Crippen LogP contribution in [0.1, 0.15) is 43.7 Å². The molecule has 0 spiro atoms. The summed E-state index contributed by atoms with van der Waals surface area (Å²) < 4.78 is 5.16. The van der Waals surface area contributed by atoms with Crippen molar-refractivity contribution in [3.05, 3.63) is 91.6 Å². The van der Waals surface area contributed by atoms with Crippen LogP contribution < -0.4 is 15.4 Å². The predicted molar refractivity (Wildman–Crippen MR) is 149 cm³/mol. The number of ether oxygens (including phenoxy) is 1. The number of Topliss-reactive ketones (excluding diaryl/α,β-unsaturated/α-hetero) is 1. The molecule has 1 heterocycles. The molecule has 39 heavy (non-hydrogen) atoms. The van der Waals surface area contributed by atoms with E-state index in [-0.39, 0.29) is 34.1 Å². The number of benzene rings is 2. The number of ketones is 1. The molecule has 1 atom stereocenters. The minimum atomic E-state index is -0.740. The first-order valence-electron chi connectivity index (χ1n) is 12.6. The largest absolute Gasteiger partial charge is 0.497 e. The average Bonchev–Trinajstić information content (AvgIpc) is 2.90. The predicted octanol–water partition coefficient (Wildman–Crippen LogP) is 4.76. The molecule has 0 unspecified atom stereocenters. The number of hydrogen-bond donors (Lipinski definition) is 2. The fourth-order valence-electron chi connectivity index (χ4n) is 4.97. The van der Waals surface area contributed by atoms with Gasteiger partial charge in [-0.15, -0.1) is 0 Å². The summed E-state index contributed by atoms with van der Waals surface area (Å²) in [5.41, 5.74) is 2.63. The number of nitro groups is 1. The van der Waals surface area contributed by atoms with Crippen LogP contribution in [0.25, 0.3) is 0 Å². The second kappa shape index (κ2) is 11.7. The normalized spacial score (nSPS) is 18.1. The molecule has 4 rings (SSSR count). The maximum absolute atomic E-state index is 13.3. The molecule has 2 aromatic carbocycles. The van der Waals surface area contributed by atoms with Crippen molar-refractivity contribution in [1.29, 1.82) is 5.26 Å². The molecule has 0 fully saturated rings. The summed E-state index contributed by atoms with van der Waals surface area (Å²) >= 11 is 1.19. The Bertz CT molecular complexity index is 1410. The Balaban J connectivity index is 1.54. The summed E-state index contributed by atoms with van der Waals surface area (Å²) in [6, 6.07) is 15.9. The van der Waals surface area contributed by atoms with Gasteiger partial charge in [-0.3, -0.25) is 19.7 Å². The highest BCUT2D eigenvalue weighted by molar-refractivity contribution is 8.03. The van der Waals surface area contributed by atoms with Crippen molar-refractivity contribution < 1.29 is 19.2 Å². The van der Waals surface area contributed by atoms with Gasteiger partial charge in [-0.2, -0.15) is 5.26 Å². The topological polar surface area (TPSA) is 134 Å². The first kappa shape index (κ1) is 27.9. The van der Waals surface area contributed by atoms with Gasteiger partial charge in [0.2, 0.25) is 5.91 Å². The minimum Gasteiger partial charge on any atom is -0.497 e. The number of allylic oxidation sites excluding steroid dienone is 3. The molecule has 0 radical (unpaired) electrons. The summed E-state index contributed by atoms with van der Waals surface area (Å²) in [5, 5.41) is 28.3. The van der Waals surface area contributed by atoms with Gasteiger partial charge in [-0.25, -0.2) is 0 Å². The number of nitrogens with one attached hydrogen (secondary N) is 2. The lowest BCUT2D eigenvalue weighted by molar-refractivity contribution is -0.384. The molecule has 0 saturated heterocycles. The molecule has 0 bridgehead atoms. The van der Waals surface area contributed by atoms with Crippen molar-refractivity contribution in [1.82, 2.24) is 10.6 Å². The summed E-state index contributed by atoms with van der Waals surface area (Å²) in [6.45, 7) is 4.47. The molecule has 0 aromatic heterocycles. The molecule has 1 aliphatic carbocycles. The Morgan fingerprint density at radius 2 is 2.00 bits per heavy atom. The van der Waals surface area contributed by atoms with Crippen molar-refractivity contribution in [2.45, 2.75) is 39.0 Å². The molecule has 10 heteroatoms. The van der Waals surface area contributed by atoms with Gasteiger partial charge in [0.15, 0.2) is 5.78 Å². The molecule has 1 aliphatic heterocycles. The van der Waals surface area contributed by atoms with Crippen LogP contribution in [0.3, 0.4) is 0 Å². The quantitative estimate of drug-likeness (QED) is 0.340. The van der Waals surface area contributed by atoms with E-state index in [1.807, 2.05) is 38.1 Å². The Labute approximate surface area is 231 Å². The molecule has 2 aromatic rings. The van der Waals surface area contributed by atoms with Crippen molar-refractivity contribution in [3.8, 4) is 11.8 Å². The van der Waals surface area contributed by atoms with E-state index in [1.165, 1.54) is 23.9 Å². The lowest BCUT2D eigenvalue weighted by Gasteiger charge is -2.39. The Morgan fingerprint density at radius 3 is 2.67 bits per heavy atom. The van der Waals surface area contributed by atoms with Gasteiger partial charge in [0, 0.05) is 36.4 Å². The molecule has 2 N–H and O–H groups in total. The second-order valence-electron chi connectivity index (χ2n) is 10.3. The van der Waals surface area contributed by atoms with E-state index in [0.29, 0.717) is 47.7 Å². The van der Waals surface area contributed by atoms with E-state index in [4.69, 9.17) is 4.74 Å². The third-order valence-electron chi connectivity index (χ3n) is 6.78. The van der Waals surface area contributed by atoms with Gasteiger partial charge in [-0.1, -0.05) is 49.9 Å².